The van der Waals surface area contributed by atoms with Crippen molar-refractivity contribution in [3.63, 3.8) is 0 Å². The Morgan fingerprint density at radius 2 is 2.21 bits per heavy atom. The van der Waals surface area contributed by atoms with Gasteiger partial charge in [0.2, 0.25) is 5.92 Å². The van der Waals surface area contributed by atoms with Crippen LogP contribution < -0.4 is 5.73 Å². The molecule has 0 bridgehead atoms. The van der Waals surface area contributed by atoms with Crippen molar-refractivity contribution in [2.24, 2.45) is 17.6 Å². The first-order valence-electron chi connectivity index (χ1n) is 5.22. The fourth-order valence-electron chi connectivity index (χ4n) is 2.11. The summed E-state index contributed by atoms with van der Waals surface area (Å²) in [5.74, 6) is -2.95. The third kappa shape index (κ3) is 2.89. The summed E-state index contributed by atoms with van der Waals surface area (Å²) in [6, 6.07) is 0. The summed E-state index contributed by atoms with van der Waals surface area (Å²) in [6.07, 6.45) is 0.310. The average molecular weight is 207 g/mol. The van der Waals surface area contributed by atoms with E-state index < -0.39 is 12.0 Å². The number of aliphatic hydroxyl groups is 1. The van der Waals surface area contributed by atoms with E-state index in [1.54, 1.807) is 6.92 Å². The zero-order chi connectivity index (χ0) is 10.8. The molecule has 1 aliphatic rings. The van der Waals surface area contributed by atoms with Crippen LogP contribution in [-0.4, -0.2) is 23.7 Å². The number of alkyl halides is 2. The summed E-state index contributed by atoms with van der Waals surface area (Å²) < 4.78 is 26.1. The molecule has 0 aliphatic heterocycles. The van der Waals surface area contributed by atoms with E-state index in [2.05, 4.69) is 0 Å². The van der Waals surface area contributed by atoms with Gasteiger partial charge in [0.25, 0.3) is 0 Å². The molecule has 2 nitrogen and oxygen atoms in total. The van der Waals surface area contributed by atoms with E-state index in [1.807, 2.05) is 0 Å². The minimum Gasteiger partial charge on any atom is -0.393 e. The molecule has 0 amide bonds. The largest absolute Gasteiger partial charge is 0.393 e. The fourth-order valence-corrected chi connectivity index (χ4v) is 2.11. The molecular formula is C10H19F2NO. The molecule has 1 rings (SSSR count). The van der Waals surface area contributed by atoms with E-state index in [4.69, 9.17) is 5.73 Å². The number of rotatable bonds is 3. The zero-order valence-corrected chi connectivity index (χ0v) is 8.55. The SMILES string of the molecule is CC(CN)C(O)C1CCCC(F)(F)C1. The molecule has 0 saturated heterocycles. The lowest BCUT2D eigenvalue weighted by Gasteiger charge is -2.34. The smallest absolute Gasteiger partial charge is 0.248 e. The lowest BCUT2D eigenvalue weighted by Crippen LogP contribution is -2.38. The van der Waals surface area contributed by atoms with E-state index in [-0.39, 0.29) is 24.7 Å². The maximum Gasteiger partial charge on any atom is 0.248 e. The fraction of sp³-hybridized carbons (Fsp3) is 1.00. The summed E-state index contributed by atoms with van der Waals surface area (Å²) in [4.78, 5) is 0. The summed E-state index contributed by atoms with van der Waals surface area (Å²) in [5, 5.41) is 9.76. The third-order valence-electron chi connectivity index (χ3n) is 3.12. The Morgan fingerprint density at radius 3 is 2.71 bits per heavy atom. The minimum atomic E-state index is -2.59. The van der Waals surface area contributed by atoms with Crippen LogP contribution in [-0.2, 0) is 0 Å². The van der Waals surface area contributed by atoms with Gasteiger partial charge in [0.1, 0.15) is 0 Å². The Kier molecular flexibility index (Phi) is 3.84. The second-order valence-corrected chi connectivity index (χ2v) is 4.42. The van der Waals surface area contributed by atoms with Gasteiger partial charge in [0, 0.05) is 12.8 Å². The molecule has 0 spiro atoms. The van der Waals surface area contributed by atoms with Gasteiger partial charge in [-0.3, -0.25) is 0 Å². The van der Waals surface area contributed by atoms with Crippen LogP contribution in [0.15, 0.2) is 0 Å². The van der Waals surface area contributed by atoms with Gasteiger partial charge in [-0.15, -0.1) is 0 Å². The maximum absolute atomic E-state index is 13.0. The Morgan fingerprint density at radius 1 is 1.57 bits per heavy atom. The third-order valence-corrected chi connectivity index (χ3v) is 3.12. The first-order chi connectivity index (χ1) is 6.46. The van der Waals surface area contributed by atoms with E-state index in [0.717, 1.165) is 0 Å². The molecule has 0 aromatic heterocycles. The normalized spacial score (nSPS) is 31.1. The molecule has 84 valence electrons. The second-order valence-electron chi connectivity index (χ2n) is 4.42. The molecule has 0 aromatic carbocycles. The first kappa shape index (κ1) is 11.9. The van der Waals surface area contributed by atoms with Crippen LogP contribution in [0.5, 0.6) is 0 Å². The van der Waals surface area contributed by atoms with E-state index in [1.165, 1.54) is 0 Å². The van der Waals surface area contributed by atoms with Crippen LogP contribution in [0.2, 0.25) is 0 Å². The highest BCUT2D eigenvalue weighted by Gasteiger charge is 2.39. The Balaban J connectivity index is 2.51. The van der Waals surface area contributed by atoms with Crippen LogP contribution in [0.1, 0.15) is 32.6 Å². The van der Waals surface area contributed by atoms with Crippen molar-refractivity contribution in [3.8, 4) is 0 Å². The van der Waals surface area contributed by atoms with Gasteiger partial charge in [-0.1, -0.05) is 6.92 Å². The summed E-state index contributed by atoms with van der Waals surface area (Å²) >= 11 is 0. The topological polar surface area (TPSA) is 46.2 Å². The predicted molar refractivity (Wildman–Crippen MR) is 51.1 cm³/mol. The molecule has 0 heterocycles. The molecule has 1 saturated carbocycles. The van der Waals surface area contributed by atoms with Gasteiger partial charge in [-0.25, -0.2) is 8.78 Å². The maximum atomic E-state index is 13.0. The van der Waals surface area contributed by atoms with Gasteiger partial charge in [0.05, 0.1) is 6.10 Å². The molecule has 1 aliphatic carbocycles. The van der Waals surface area contributed by atoms with Gasteiger partial charge in [0.15, 0.2) is 0 Å². The molecule has 3 N–H and O–H groups in total. The van der Waals surface area contributed by atoms with Gasteiger partial charge in [-0.2, -0.15) is 0 Å². The van der Waals surface area contributed by atoms with Gasteiger partial charge in [-0.05, 0) is 31.2 Å². The van der Waals surface area contributed by atoms with Crippen LogP contribution >= 0.6 is 0 Å². The standard InChI is InChI=1S/C10H19F2NO/c1-7(6-13)9(14)8-3-2-4-10(11,12)5-8/h7-9,14H,2-6,13H2,1H3. The first-order valence-corrected chi connectivity index (χ1v) is 5.22. The number of aliphatic hydroxyl groups excluding tert-OH is 1. The van der Waals surface area contributed by atoms with Crippen LogP contribution in [0, 0.1) is 11.8 Å². The molecule has 3 unspecified atom stereocenters. The summed E-state index contributed by atoms with van der Waals surface area (Å²) in [5.41, 5.74) is 5.40. The summed E-state index contributed by atoms with van der Waals surface area (Å²) in [6.45, 7) is 2.15. The molecule has 14 heavy (non-hydrogen) atoms. The van der Waals surface area contributed by atoms with Crippen molar-refractivity contribution in [2.45, 2.75) is 44.6 Å². The monoisotopic (exact) mass is 207 g/mol. The van der Waals surface area contributed by atoms with Crippen molar-refractivity contribution < 1.29 is 13.9 Å². The second kappa shape index (κ2) is 4.53. The lowest BCUT2D eigenvalue weighted by atomic mass is 9.79. The van der Waals surface area contributed by atoms with E-state index >= 15 is 0 Å². The quantitative estimate of drug-likeness (QED) is 0.740. The number of nitrogens with two attached hydrogens (primary N) is 1. The zero-order valence-electron chi connectivity index (χ0n) is 8.55. The molecule has 4 heteroatoms. The minimum absolute atomic E-state index is 0.0345. The molecular weight excluding hydrogens is 188 g/mol. The number of hydrogen-bond acceptors (Lipinski definition) is 2. The van der Waals surface area contributed by atoms with Gasteiger partial charge >= 0.3 is 0 Å². The van der Waals surface area contributed by atoms with Crippen LogP contribution in [0.25, 0.3) is 0 Å². The van der Waals surface area contributed by atoms with E-state index in [0.29, 0.717) is 19.4 Å². The molecule has 0 aromatic rings. The highest BCUT2D eigenvalue weighted by atomic mass is 19.3. The van der Waals surface area contributed by atoms with Crippen molar-refractivity contribution >= 4 is 0 Å². The average Bonchev–Trinajstić information content (AvgIpc) is 2.14. The van der Waals surface area contributed by atoms with Crippen LogP contribution in [0.3, 0.4) is 0 Å². The predicted octanol–water partition coefficient (Wildman–Crippen LogP) is 1.77. The highest BCUT2D eigenvalue weighted by Crippen LogP contribution is 2.39. The lowest BCUT2D eigenvalue weighted by molar-refractivity contribution is -0.0830. The Bertz CT molecular complexity index is 187. The Labute approximate surface area is 83.5 Å². The number of halogens is 2. The molecule has 3 atom stereocenters. The molecule has 1 fully saturated rings. The van der Waals surface area contributed by atoms with Crippen molar-refractivity contribution in [1.29, 1.82) is 0 Å². The van der Waals surface area contributed by atoms with Crippen molar-refractivity contribution in [3.05, 3.63) is 0 Å². The molecule has 0 radical (unpaired) electrons. The van der Waals surface area contributed by atoms with Gasteiger partial charge < -0.3 is 10.8 Å². The van der Waals surface area contributed by atoms with E-state index in [9.17, 15) is 13.9 Å². The number of hydrogen-bond donors (Lipinski definition) is 2. The highest BCUT2D eigenvalue weighted by molar-refractivity contribution is 4.84. The van der Waals surface area contributed by atoms with Crippen LogP contribution in [0.4, 0.5) is 8.78 Å². The Hall–Kier alpha value is -0.220. The van der Waals surface area contributed by atoms with Crippen molar-refractivity contribution in [2.75, 3.05) is 6.54 Å². The summed E-state index contributed by atoms with van der Waals surface area (Å²) in [7, 11) is 0. The van der Waals surface area contributed by atoms with Crippen molar-refractivity contribution in [1.82, 2.24) is 0 Å².